The Labute approximate surface area is 74.7 Å². The predicted molar refractivity (Wildman–Crippen MR) is 39.5 cm³/mol. The van der Waals surface area contributed by atoms with E-state index in [-0.39, 0.29) is 20.3 Å². The smallest absolute Gasteiger partial charge is 1.00 e. The van der Waals surface area contributed by atoms with Gasteiger partial charge in [-0.2, -0.15) is 0 Å². The number of hydrogen-bond acceptors (Lipinski definition) is 1. The van der Waals surface area contributed by atoms with Gasteiger partial charge in [-0.05, 0) is 18.6 Å². The molecule has 0 bridgehead atoms. The molecule has 1 rings (SSSR count). The van der Waals surface area contributed by atoms with Gasteiger partial charge in [-0.15, -0.1) is 12.6 Å². The van der Waals surface area contributed by atoms with E-state index in [2.05, 4.69) is 12.6 Å². The summed E-state index contributed by atoms with van der Waals surface area (Å²) >= 11 is 4.20. The zero-order chi connectivity index (χ0) is 5.98. The summed E-state index contributed by atoms with van der Waals surface area (Å²) in [4.78, 5) is 1.06. The van der Waals surface area contributed by atoms with E-state index in [0.717, 1.165) is 4.90 Å². The molecule has 0 saturated carbocycles. The fraction of sp³-hybridized carbons (Fsp3) is 0.143. The summed E-state index contributed by atoms with van der Waals surface area (Å²) < 4.78 is 0. The molecule has 0 atom stereocenters. The van der Waals surface area contributed by atoms with Crippen molar-refractivity contribution < 1.29 is 20.3 Å². The molecule has 0 N–H and O–H groups in total. The van der Waals surface area contributed by atoms with Gasteiger partial charge in [0.1, 0.15) is 0 Å². The Bertz CT molecular complexity index is 170. The fourth-order valence-corrected chi connectivity index (χ4v) is 0.724. The van der Waals surface area contributed by atoms with Crippen molar-refractivity contribution in [1.29, 1.82) is 0 Å². The minimum atomic E-state index is 0. The summed E-state index contributed by atoms with van der Waals surface area (Å²) in [6.07, 6.45) is 0. The van der Waals surface area contributed by atoms with Crippen LogP contribution in [0.3, 0.4) is 0 Å². The van der Waals surface area contributed by atoms with Crippen LogP contribution in [0.15, 0.2) is 29.2 Å². The Kier molecular flexibility index (Phi) is 4.13. The van der Waals surface area contributed by atoms with Crippen LogP contribution in [0.2, 0.25) is 0 Å². The maximum atomic E-state index is 4.20. The van der Waals surface area contributed by atoms with Crippen LogP contribution in [0.1, 0.15) is 6.99 Å². The van der Waals surface area contributed by atoms with E-state index in [1.807, 2.05) is 31.2 Å². The average molecular weight is 132 g/mol. The molecule has 1 aromatic rings. The van der Waals surface area contributed by atoms with Crippen LogP contribution in [0, 0.1) is 6.92 Å². The van der Waals surface area contributed by atoms with Gasteiger partial charge in [0.25, 0.3) is 0 Å². The zero-order valence-electron chi connectivity index (χ0n) is 6.76. The summed E-state index contributed by atoms with van der Waals surface area (Å²) in [6.45, 7) is 2.04. The van der Waals surface area contributed by atoms with E-state index in [4.69, 9.17) is 0 Å². The molecule has 0 amide bonds. The normalized spacial score (nSPS) is 8.22. The zero-order valence-corrected chi connectivity index (χ0v) is 6.65. The van der Waals surface area contributed by atoms with Crippen molar-refractivity contribution in [2.45, 2.75) is 11.8 Å². The molecule has 0 aliphatic rings. The topological polar surface area (TPSA) is 0 Å². The molecule has 1 aromatic carbocycles. The molecule has 0 unspecified atom stereocenters. The monoisotopic (exact) mass is 132 g/mol. The fourth-order valence-electron chi connectivity index (χ4n) is 0.563. The molecular weight excluding hydrogens is 123 g/mol. The molecule has 0 aliphatic heterocycles. The van der Waals surface area contributed by atoms with Crippen molar-refractivity contribution in [3.63, 3.8) is 0 Å². The first-order chi connectivity index (χ1) is 3.80. The first-order valence-electron chi connectivity index (χ1n) is 2.55. The largest absolute Gasteiger partial charge is 1.00 e. The van der Waals surface area contributed by atoms with Crippen LogP contribution >= 0.6 is 12.6 Å². The molecule has 0 aliphatic carbocycles. The maximum Gasteiger partial charge on any atom is 1.00 e. The molecular formula is C7H9LiS. The summed E-state index contributed by atoms with van der Waals surface area (Å²) in [5, 5.41) is 0. The van der Waals surface area contributed by atoms with Gasteiger partial charge in [0.15, 0.2) is 0 Å². The molecule has 0 nitrogen and oxygen atoms in total. The third-order valence-corrected chi connectivity index (χ3v) is 1.62. The van der Waals surface area contributed by atoms with Crippen LogP contribution < -0.4 is 18.9 Å². The SMILES string of the molecule is Cc1ccccc1S.[H-].[Li+]. The third kappa shape index (κ3) is 2.49. The van der Waals surface area contributed by atoms with Gasteiger partial charge in [0, 0.05) is 4.90 Å². The van der Waals surface area contributed by atoms with Crippen molar-refractivity contribution in [3.05, 3.63) is 29.8 Å². The van der Waals surface area contributed by atoms with Crippen LogP contribution in [0.5, 0.6) is 0 Å². The first kappa shape index (κ1) is 9.17. The quantitative estimate of drug-likeness (QED) is 0.354. The van der Waals surface area contributed by atoms with Crippen molar-refractivity contribution in [1.82, 2.24) is 0 Å². The second kappa shape index (κ2) is 4.06. The summed E-state index contributed by atoms with van der Waals surface area (Å²) in [5.41, 5.74) is 1.23. The number of rotatable bonds is 0. The van der Waals surface area contributed by atoms with Crippen LogP contribution in [-0.2, 0) is 0 Å². The van der Waals surface area contributed by atoms with Gasteiger partial charge < -0.3 is 1.43 Å². The average Bonchev–Trinajstić information content (AvgIpc) is 1.77. The number of aryl methyl sites for hydroxylation is 1. The van der Waals surface area contributed by atoms with Crippen LogP contribution in [0.25, 0.3) is 0 Å². The van der Waals surface area contributed by atoms with E-state index >= 15 is 0 Å². The van der Waals surface area contributed by atoms with Crippen LogP contribution in [-0.4, -0.2) is 0 Å². The number of hydrogen-bond donors (Lipinski definition) is 1. The van der Waals surface area contributed by atoms with Gasteiger partial charge in [-0.25, -0.2) is 0 Å². The second-order valence-corrected chi connectivity index (χ2v) is 2.27. The minimum Gasteiger partial charge on any atom is -1.00 e. The molecule has 0 radical (unpaired) electrons. The molecule has 0 aromatic heterocycles. The van der Waals surface area contributed by atoms with Gasteiger partial charge in [-0.3, -0.25) is 0 Å². The predicted octanol–water partition coefficient (Wildman–Crippen LogP) is -0.600. The van der Waals surface area contributed by atoms with Crippen molar-refractivity contribution in [2.24, 2.45) is 0 Å². The maximum absolute atomic E-state index is 4.20. The van der Waals surface area contributed by atoms with E-state index in [1.54, 1.807) is 0 Å². The van der Waals surface area contributed by atoms with Gasteiger partial charge in [-0.1, -0.05) is 18.2 Å². The Morgan fingerprint density at radius 1 is 1.33 bits per heavy atom. The summed E-state index contributed by atoms with van der Waals surface area (Å²) in [7, 11) is 0. The summed E-state index contributed by atoms with van der Waals surface area (Å²) in [6, 6.07) is 8.02. The Morgan fingerprint density at radius 3 is 2.22 bits per heavy atom. The van der Waals surface area contributed by atoms with Crippen LogP contribution in [0.4, 0.5) is 0 Å². The molecule has 9 heavy (non-hydrogen) atoms. The van der Waals surface area contributed by atoms with Gasteiger partial charge in [0.05, 0.1) is 0 Å². The van der Waals surface area contributed by atoms with E-state index in [1.165, 1.54) is 5.56 Å². The molecule has 0 heterocycles. The first-order valence-corrected chi connectivity index (χ1v) is 3.00. The molecule has 0 saturated heterocycles. The number of thiol groups is 1. The Morgan fingerprint density at radius 2 is 1.89 bits per heavy atom. The third-order valence-electron chi connectivity index (χ3n) is 1.12. The van der Waals surface area contributed by atoms with E-state index < -0.39 is 0 Å². The van der Waals surface area contributed by atoms with Crippen molar-refractivity contribution in [3.8, 4) is 0 Å². The molecule has 44 valence electrons. The van der Waals surface area contributed by atoms with Crippen molar-refractivity contribution in [2.75, 3.05) is 0 Å². The minimum absolute atomic E-state index is 0. The molecule has 0 spiro atoms. The van der Waals surface area contributed by atoms with E-state index in [0.29, 0.717) is 0 Å². The van der Waals surface area contributed by atoms with Crippen molar-refractivity contribution >= 4 is 12.6 Å². The standard InChI is InChI=1S/C7H8S.Li.H/c1-6-4-2-3-5-7(6)8;;/h2-5,8H,1H3;;/q;+1;-1. The molecule has 0 fully saturated rings. The number of benzene rings is 1. The van der Waals surface area contributed by atoms with Gasteiger partial charge >= 0.3 is 18.9 Å². The Balaban J connectivity index is 0. The summed E-state index contributed by atoms with van der Waals surface area (Å²) in [5.74, 6) is 0. The second-order valence-electron chi connectivity index (χ2n) is 1.79. The van der Waals surface area contributed by atoms with E-state index in [9.17, 15) is 0 Å². The van der Waals surface area contributed by atoms with Gasteiger partial charge in [0.2, 0.25) is 0 Å². The molecule has 2 heteroatoms. The Hall–Kier alpha value is 0.167.